The van der Waals surface area contributed by atoms with E-state index >= 15 is 0 Å². The number of rotatable bonds is 3. The molecule has 0 aromatic carbocycles. The molecule has 0 aromatic heterocycles. The van der Waals surface area contributed by atoms with Gasteiger partial charge in [-0.2, -0.15) is 35.1 Å². The third kappa shape index (κ3) is 2.22. The predicted octanol–water partition coefficient (Wildman–Crippen LogP) is 3.26. The maximum Gasteiger partial charge on any atom is 0.456 e. The van der Waals surface area contributed by atoms with Crippen LogP contribution in [0.5, 0.6) is 0 Å². The molecule has 22 heavy (non-hydrogen) atoms. The minimum atomic E-state index is -6.20. The molecule has 0 aromatic rings. The lowest BCUT2D eigenvalue weighted by molar-refractivity contribution is -0.347. The van der Waals surface area contributed by atoms with Crippen LogP contribution in [0.25, 0.3) is 0 Å². The summed E-state index contributed by atoms with van der Waals surface area (Å²) in [5, 5.41) is 9.60. The third-order valence-corrected chi connectivity index (χ3v) is 4.27. The van der Waals surface area contributed by atoms with Gasteiger partial charge in [-0.15, -0.1) is 0 Å². The van der Waals surface area contributed by atoms with Crippen molar-refractivity contribution in [3.05, 3.63) is 12.2 Å². The summed E-state index contributed by atoms with van der Waals surface area (Å²) in [6.45, 7) is 0. The minimum Gasteiger partial charge on any atom is -0.375 e. The van der Waals surface area contributed by atoms with Crippen LogP contribution in [-0.2, 0) is 4.79 Å². The summed E-state index contributed by atoms with van der Waals surface area (Å²) in [6.07, 6.45) is -10.2. The molecule has 1 N–H and O–H groups in total. The van der Waals surface area contributed by atoms with Crippen LogP contribution in [0, 0.1) is 17.8 Å². The van der Waals surface area contributed by atoms with E-state index in [1.807, 2.05) is 0 Å². The van der Waals surface area contributed by atoms with Gasteiger partial charge in [-0.05, 0) is 24.7 Å². The number of hydrogen-bond donors (Lipinski definition) is 1. The van der Waals surface area contributed by atoms with Gasteiger partial charge in [0.1, 0.15) is 0 Å². The van der Waals surface area contributed by atoms with Crippen molar-refractivity contribution in [3.8, 4) is 0 Å². The van der Waals surface area contributed by atoms with Crippen molar-refractivity contribution in [3.63, 3.8) is 0 Å². The number of allylic oxidation sites excluding steroid dienone is 2. The Balaban J connectivity index is 2.51. The second-order valence-corrected chi connectivity index (χ2v) is 5.55. The first-order valence-corrected chi connectivity index (χ1v) is 6.19. The van der Waals surface area contributed by atoms with E-state index in [1.165, 1.54) is 6.08 Å². The Morgan fingerprint density at radius 2 is 1.50 bits per heavy atom. The second-order valence-electron chi connectivity index (χ2n) is 5.55. The van der Waals surface area contributed by atoms with Crippen LogP contribution < -0.4 is 0 Å². The summed E-state index contributed by atoms with van der Waals surface area (Å²) >= 11 is 0. The number of halogens is 8. The van der Waals surface area contributed by atoms with Gasteiger partial charge < -0.3 is 5.11 Å². The summed E-state index contributed by atoms with van der Waals surface area (Å²) in [5.41, 5.74) is -5.06. The fraction of sp³-hybridized carbons (Fsp3) is 0.750. The number of carbonyl (C=O) groups is 1. The van der Waals surface area contributed by atoms with Gasteiger partial charge in [0.15, 0.2) is 0 Å². The lowest BCUT2D eigenvalue weighted by Crippen LogP contribution is -2.68. The number of ketones is 1. The highest BCUT2D eigenvalue weighted by Crippen LogP contribution is 2.58. The Morgan fingerprint density at radius 1 is 0.955 bits per heavy atom. The molecule has 2 aliphatic carbocycles. The predicted molar refractivity (Wildman–Crippen MR) is 55.9 cm³/mol. The molecular weight excluding hydrogens is 328 g/mol. The molecule has 1 fully saturated rings. The maximum absolute atomic E-state index is 13.8. The fourth-order valence-electron chi connectivity index (χ4n) is 3.23. The van der Waals surface area contributed by atoms with Gasteiger partial charge in [-0.3, -0.25) is 4.79 Å². The molecule has 0 heterocycles. The Bertz CT molecular complexity index is 506. The lowest BCUT2D eigenvalue weighted by atomic mass is 9.73. The summed E-state index contributed by atoms with van der Waals surface area (Å²) in [4.78, 5) is 10.8. The number of fused-ring (bicyclic) bond motifs is 2. The molecular formula is C12H10F8O2. The molecule has 4 atom stereocenters. The molecule has 4 unspecified atom stereocenters. The van der Waals surface area contributed by atoms with Crippen molar-refractivity contribution < 1.29 is 45.0 Å². The zero-order valence-electron chi connectivity index (χ0n) is 10.7. The molecule has 0 radical (unpaired) electrons. The number of aliphatic hydroxyl groups is 1. The quantitative estimate of drug-likeness (QED) is 0.634. The van der Waals surface area contributed by atoms with Crippen LogP contribution in [0.1, 0.15) is 12.8 Å². The molecule has 0 amide bonds. The van der Waals surface area contributed by atoms with E-state index in [0.717, 1.165) is 6.08 Å². The average molecular weight is 338 g/mol. The summed E-state index contributed by atoms with van der Waals surface area (Å²) < 4.78 is 103. The highest BCUT2D eigenvalue weighted by molar-refractivity contribution is 5.92. The van der Waals surface area contributed by atoms with E-state index in [0.29, 0.717) is 0 Å². The Labute approximate surface area is 118 Å². The van der Waals surface area contributed by atoms with Gasteiger partial charge >= 0.3 is 24.1 Å². The SMILES string of the molecule is O=C(C(F)(F)F)C(F)(F)C(O)(C1CC2C=CC1C2)C(F)(F)F. The highest BCUT2D eigenvalue weighted by atomic mass is 19.4. The van der Waals surface area contributed by atoms with Gasteiger partial charge in [-0.25, -0.2) is 0 Å². The van der Waals surface area contributed by atoms with Gasteiger partial charge in [0.2, 0.25) is 5.60 Å². The molecule has 126 valence electrons. The normalized spacial score (nSPS) is 31.4. The van der Waals surface area contributed by atoms with E-state index in [9.17, 15) is 45.0 Å². The monoisotopic (exact) mass is 338 g/mol. The van der Waals surface area contributed by atoms with Crippen LogP contribution >= 0.6 is 0 Å². The van der Waals surface area contributed by atoms with Crippen LogP contribution in [0.15, 0.2) is 12.2 Å². The molecule has 1 saturated carbocycles. The molecule has 0 aliphatic heterocycles. The maximum atomic E-state index is 13.8. The molecule has 10 heteroatoms. The largest absolute Gasteiger partial charge is 0.456 e. The zero-order chi connectivity index (χ0) is 17.1. The molecule has 2 rings (SSSR count). The van der Waals surface area contributed by atoms with E-state index in [2.05, 4.69) is 0 Å². The molecule has 0 spiro atoms. The van der Waals surface area contributed by atoms with Gasteiger partial charge in [0.25, 0.3) is 0 Å². The van der Waals surface area contributed by atoms with Gasteiger partial charge in [-0.1, -0.05) is 12.2 Å². The van der Waals surface area contributed by atoms with E-state index in [-0.39, 0.29) is 6.42 Å². The summed E-state index contributed by atoms with van der Waals surface area (Å²) in [6, 6.07) is 0. The van der Waals surface area contributed by atoms with Crippen LogP contribution in [0.2, 0.25) is 0 Å². The Kier molecular flexibility index (Phi) is 3.63. The third-order valence-electron chi connectivity index (χ3n) is 4.27. The minimum absolute atomic E-state index is 0.0271. The van der Waals surface area contributed by atoms with Crippen molar-refractivity contribution in [1.29, 1.82) is 0 Å². The van der Waals surface area contributed by atoms with Gasteiger partial charge in [0, 0.05) is 5.92 Å². The summed E-state index contributed by atoms with van der Waals surface area (Å²) in [7, 11) is 0. The first kappa shape index (κ1) is 17.2. The Morgan fingerprint density at radius 3 is 1.82 bits per heavy atom. The molecule has 2 bridgehead atoms. The fourth-order valence-corrected chi connectivity index (χ4v) is 3.23. The topological polar surface area (TPSA) is 37.3 Å². The van der Waals surface area contributed by atoms with Crippen LogP contribution in [-0.4, -0.2) is 34.8 Å². The first-order chi connectivity index (χ1) is 9.73. The van der Waals surface area contributed by atoms with Crippen molar-refractivity contribution in [2.45, 2.75) is 36.7 Å². The number of Topliss-reactive ketones (excluding diaryl/α,β-unsaturated/α-hetero) is 1. The lowest BCUT2D eigenvalue weighted by Gasteiger charge is -2.42. The van der Waals surface area contributed by atoms with Crippen molar-refractivity contribution in [2.24, 2.45) is 17.8 Å². The highest BCUT2D eigenvalue weighted by Gasteiger charge is 2.79. The first-order valence-electron chi connectivity index (χ1n) is 6.19. The summed E-state index contributed by atoms with van der Waals surface area (Å²) in [5.74, 6) is -13.8. The number of alkyl halides is 8. The number of carbonyl (C=O) groups excluding carboxylic acids is 1. The van der Waals surface area contributed by atoms with Crippen LogP contribution in [0.4, 0.5) is 35.1 Å². The smallest absolute Gasteiger partial charge is 0.375 e. The van der Waals surface area contributed by atoms with Gasteiger partial charge in [0.05, 0.1) is 0 Å². The molecule has 2 aliphatic rings. The second kappa shape index (κ2) is 4.65. The average Bonchev–Trinajstić information content (AvgIpc) is 2.96. The number of hydrogen-bond acceptors (Lipinski definition) is 2. The standard InChI is InChI=1S/C12H10F8O2/c13-10(14,8(21)11(15,16)17)9(22,12(18,19)20)7-4-5-1-2-6(7)3-5/h1-2,5-7,22H,3-4H2. The van der Waals surface area contributed by atoms with E-state index in [4.69, 9.17) is 0 Å². The van der Waals surface area contributed by atoms with Crippen molar-refractivity contribution >= 4 is 5.78 Å². The zero-order valence-corrected chi connectivity index (χ0v) is 10.7. The van der Waals surface area contributed by atoms with E-state index in [1.54, 1.807) is 0 Å². The van der Waals surface area contributed by atoms with Crippen LogP contribution in [0.3, 0.4) is 0 Å². The molecule has 0 saturated heterocycles. The molecule has 2 nitrogen and oxygen atoms in total. The van der Waals surface area contributed by atoms with Crippen molar-refractivity contribution in [1.82, 2.24) is 0 Å². The van der Waals surface area contributed by atoms with E-state index < -0.39 is 53.8 Å². The Hall–Kier alpha value is -1.19. The van der Waals surface area contributed by atoms with Crippen molar-refractivity contribution in [2.75, 3.05) is 0 Å².